The van der Waals surface area contributed by atoms with Crippen molar-refractivity contribution in [2.24, 2.45) is 5.73 Å². The highest BCUT2D eigenvalue weighted by Gasteiger charge is 2.20. The maximum absolute atomic E-state index is 10.8. The Hall–Kier alpha value is -2.11. The molecule has 106 valence electrons. The van der Waals surface area contributed by atoms with Crippen LogP contribution >= 0.6 is 0 Å². The first-order valence-corrected chi connectivity index (χ1v) is 6.23. The standard InChI is InChI=1S/C15H17NO4/c1-20-12-5-4-9-6-11(3-2-10(9)7-12)15(19)13(17)8-14(16)18/h2-7,13,15,17,19H,8H2,1H3,(H2,16,18). The summed E-state index contributed by atoms with van der Waals surface area (Å²) in [4.78, 5) is 10.8. The van der Waals surface area contributed by atoms with Crippen LogP contribution < -0.4 is 10.5 Å². The average molecular weight is 275 g/mol. The van der Waals surface area contributed by atoms with Crippen LogP contribution in [0.1, 0.15) is 18.1 Å². The molecule has 0 saturated heterocycles. The van der Waals surface area contributed by atoms with Gasteiger partial charge >= 0.3 is 0 Å². The second-order valence-electron chi connectivity index (χ2n) is 4.66. The van der Waals surface area contributed by atoms with Gasteiger partial charge in [0.1, 0.15) is 11.9 Å². The predicted molar refractivity (Wildman–Crippen MR) is 75.3 cm³/mol. The number of aliphatic hydroxyl groups is 2. The molecule has 4 N–H and O–H groups in total. The fourth-order valence-electron chi connectivity index (χ4n) is 2.09. The molecule has 0 bridgehead atoms. The molecule has 0 aliphatic rings. The van der Waals surface area contributed by atoms with E-state index in [1.165, 1.54) is 0 Å². The Morgan fingerprint density at radius 1 is 1.20 bits per heavy atom. The van der Waals surface area contributed by atoms with E-state index in [1.807, 2.05) is 24.3 Å². The summed E-state index contributed by atoms with van der Waals surface area (Å²) in [6.45, 7) is 0. The highest BCUT2D eigenvalue weighted by atomic mass is 16.5. The number of hydrogen-bond acceptors (Lipinski definition) is 4. The third kappa shape index (κ3) is 3.07. The van der Waals surface area contributed by atoms with Gasteiger partial charge in [-0.05, 0) is 34.5 Å². The Kier molecular flexibility index (Phi) is 4.22. The number of rotatable bonds is 5. The maximum atomic E-state index is 10.8. The van der Waals surface area contributed by atoms with Crippen LogP contribution in [0, 0.1) is 0 Å². The molecule has 2 aromatic carbocycles. The van der Waals surface area contributed by atoms with Crippen LogP contribution in [0.2, 0.25) is 0 Å². The Labute approximate surface area is 116 Å². The number of fused-ring (bicyclic) bond motifs is 1. The normalized spacial score (nSPS) is 13.9. The molecule has 0 fully saturated rings. The van der Waals surface area contributed by atoms with Gasteiger partial charge in [0, 0.05) is 0 Å². The first-order chi connectivity index (χ1) is 9.51. The first kappa shape index (κ1) is 14.3. The molecule has 0 spiro atoms. The number of primary amides is 1. The number of benzene rings is 2. The zero-order chi connectivity index (χ0) is 14.7. The lowest BCUT2D eigenvalue weighted by Gasteiger charge is -2.17. The second kappa shape index (κ2) is 5.90. The minimum Gasteiger partial charge on any atom is -0.497 e. The van der Waals surface area contributed by atoms with E-state index in [1.54, 1.807) is 19.2 Å². The van der Waals surface area contributed by atoms with Crippen LogP contribution in [0.25, 0.3) is 10.8 Å². The highest BCUT2D eigenvalue weighted by molar-refractivity contribution is 5.84. The number of amides is 1. The van der Waals surface area contributed by atoms with Gasteiger partial charge in [-0.25, -0.2) is 0 Å². The molecule has 0 heterocycles. The SMILES string of the molecule is COc1ccc2cc(C(O)C(O)CC(N)=O)ccc2c1. The van der Waals surface area contributed by atoms with Crippen molar-refractivity contribution in [1.29, 1.82) is 0 Å². The zero-order valence-electron chi connectivity index (χ0n) is 11.1. The van der Waals surface area contributed by atoms with Gasteiger partial charge in [-0.3, -0.25) is 4.79 Å². The van der Waals surface area contributed by atoms with E-state index in [0.29, 0.717) is 5.56 Å². The summed E-state index contributed by atoms with van der Waals surface area (Å²) in [5, 5.41) is 21.6. The Morgan fingerprint density at radius 2 is 1.85 bits per heavy atom. The lowest BCUT2D eigenvalue weighted by Crippen LogP contribution is -2.25. The number of aliphatic hydroxyl groups excluding tert-OH is 2. The second-order valence-corrected chi connectivity index (χ2v) is 4.66. The lowest BCUT2D eigenvalue weighted by atomic mass is 9.98. The van der Waals surface area contributed by atoms with Crippen molar-refractivity contribution in [3.05, 3.63) is 42.0 Å². The summed E-state index contributed by atoms with van der Waals surface area (Å²) in [5.41, 5.74) is 5.55. The van der Waals surface area contributed by atoms with Crippen LogP contribution in [0.15, 0.2) is 36.4 Å². The molecule has 1 amide bonds. The fraction of sp³-hybridized carbons (Fsp3) is 0.267. The van der Waals surface area contributed by atoms with Gasteiger partial charge < -0.3 is 20.7 Å². The van der Waals surface area contributed by atoms with Crippen LogP contribution in [0.5, 0.6) is 5.75 Å². The maximum Gasteiger partial charge on any atom is 0.220 e. The third-order valence-corrected chi connectivity index (χ3v) is 3.19. The largest absolute Gasteiger partial charge is 0.497 e. The summed E-state index contributed by atoms with van der Waals surface area (Å²) in [7, 11) is 1.60. The van der Waals surface area contributed by atoms with E-state index in [0.717, 1.165) is 16.5 Å². The van der Waals surface area contributed by atoms with Crippen LogP contribution in [-0.2, 0) is 4.79 Å². The number of hydrogen-bond donors (Lipinski definition) is 3. The van der Waals surface area contributed by atoms with Crippen molar-refractivity contribution in [3.63, 3.8) is 0 Å². The van der Waals surface area contributed by atoms with Crippen molar-refractivity contribution in [2.75, 3.05) is 7.11 Å². The molecule has 20 heavy (non-hydrogen) atoms. The van der Waals surface area contributed by atoms with Gasteiger partial charge in [-0.1, -0.05) is 18.2 Å². The minimum absolute atomic E-state index is 0.276. The summed E-state index contributed by atoms with van der Waals surface area (Å²) >= 11 is 0. The number of nitrogens with two attached hydrogens (primary N) is 1. The van der Waals surface area contributed by atoms with Gasteiger partial charge in [0.25, 0.3) is 0 Å². The van der Waals surface area contributed by atoms with Crippen molar-refractivity contribution < 1.29 is 19.7 Å². The number of carbonyl (C=O) groups is 1. The van der Waals surface area contributed by atoms with E-state index < -0.39 is 18.1 Å². The summed E-state index contributed by atoms with van der Waals surface area (Å²) in [6, 6.07) is 10.9. The molecule has 2 rings (SSSR count). The summed E-state index contributed by atoms with van der Waals surface area (Å²) in [5.74, 6) is 0.0987. The van der Waals surface area contributed by atoms with Gasteiger partial charge in [0.15, 0.2) is 0 Å². The molecule has 0 aliphatic heterocycles. The van der Waals surface area contributed by atoms with Crippen LogP contribution in [0.3, 0.4) is 0 Å². The molecule has 2 aromatic rings. The van der Waals surface area contributed by atoms with E-state index >= 15 is 0 Å². The Bertz CT molecular complexity index is 626. The van der Waals surface area contributed by atoms with Gasteiger partial charge in [-0.15, -0.1) is 0 Å². The van der Waals surface area contributed by atoms with Crippen molar-refractivity contribution >= 4 is 16.7 Å². The minimum atomic E-state index is -1.21. The van der Waals surface area contributed by atoms with Crippen molar-refractivity contribution in [2.45, 2.75) is 18.6 Å². The molecule has 5 heteroatoms. The quantitative estimate of drug-likeness (QED) is 0.762. The predicted octanol–water partition coefficient (Wildman–Crippen LogP) is 1.12. The topological polar surface area (TPSA) is 92.8 Å². The molecule has 0 saturated carbocycles. The molecule has 0 aromatic heterocycles. The lowest BCUT2D eigenvalue weighted by molar-refractivity contribution is -0.121. The highest BCUT2D eigenvalue weighted by Crippen LogP contribution is 2.26. The summed E-state index contributed by atoms with van der Waals surface area (Å²) in [6.07, 6.45) is -2.63. The van der Waals surface area contributed by atoms with Crippen LogP contribution in [0.4, 0.5) is 0 Å². The van der Waals surface area contributed by atoms with Gasteiger partial charge in [0.05, 0.1) is 19.6 Å². The van der Waals surface area contributed by atoms with E-state index in [4.69, 9.17) is 10.5 Å². The summed E-state index contributed by atoms with van der Waals surface area (Å²) < 4.78 is 5.14. The van der Waals surface area contributed by atoms with E-state index in [2.05, 4.69) is 0 Å². The van der Waals surface area contributed by atoms with Gasteiger partial charge in [-0.2, -0.15) is 0 Å². The number of methoxy groups -OCH3 is 1. The molecule has 2 atom stereocenters. The molecule has 0 radical (unpaired) electrons. The molecule has 5 nitrogen and oxygen atoms in total. The Balaban J connectivity index is 2.29. The fourth-order valence-corrected chi connectivity index (χ4v) is 2.09. The zero-order valence-corrected chi connectivity index (χ0v) is 11.1. The molecule has 2 unspecified atom stereocenters. The first-order valence-electron chi connectivity index (χ1n) is 6.23. The molecule has 0 aliphatic carbocycles. The van der Waals surface area contributed by atoms with E-state index in [-0.39, 0.29) is 6.42 Å². The molecular weight excluding hydrogens is 258 g/mol. The van der Waals surface area contributed by atoms with Crippen LogP contribution in [-0.4, -0.2) is 29.3 Å². The monoisotopic (exact) mass is 275 g/mol. The number of carbonyl (C=O) groups excluding carboxylic acids is 1. The molecular formula is C15H17NO4. The van der Waals surface area contributed by atoms with Crippen molar-refractivity contribution in [1.82, 2.24) is 0 Å². The number of ether oxygens (including phenoxy) is 1. The Morgan fingerprint density at radius 3 is 2.50 bits per heavy atom. The third-order valence-electron chi connectivity index (χ3n) is 3.19. The smallest absolute Gasteiger partial charge is 0.220 e. The van der Waals surface area contributed by atoms with E-state index in [9.17, 15) is 15.0 Å². The average Bonchev–Trinajstić information content (AvgIpc) is 2.44. The van der Waals surface area contributed by atoms with Gasteiger partial charge in [0.2, 0.25) is 5.91 Å². The van der Waals surface area contributed by atoms with Crippen molar-refractivity contribution in [3.8, 4) is 5.75 Å².